The molecular weight excluding hydrogens is 493 g/mol. The Morgan fingerprint density at radius 3 is 2.56 bits per heavy atom. The number of hydrogen-bond donors (Lipinski definition) is 1. The zero-order valence-electron chi connectivity index (χ0n) is 19.4. The Bertz CT molecular complexity index is 1230. The molecule has 1 saturated heterocycles. The second-order valence-corrected chi connectivity index (χ2v) is 8.80. The fourth-order valence-corrected chi connectivity index (χ4v) is 4.32. The van der Waals surface area contributed by atoms with Gasteiger partial charge >= 0.3 is 12.2 Å². The van der Waals surface area contributed by atoms with E-state index in [0.29, 0.717) is 41.7 Å². The number of aromatic nitrogens is 1. The van der Waals surface area contributed by atoms with Gasteiger partial charge in [0.25, 0.3) is 0 Å². The summed E-state index contributed by atoms with van der Waals surface area (Å²) >= 11 is 5.90. The number of urea groups is 1. The minimum Gasteiger partial charge on any atom is -0.497 e. The smallest absolute Gasteiger partial charge is 0.433 e. The Hall–Kier alpha value is -3.43. The molecule has 1 fully saturated rings. The van der Waals surface area contributed by atoms with Gasteiger partial charge in [0.2, 0.25) is 0 Å². The highest BCUT2D eigenvalue weighted by Gasteiger charge is 2.36. The van der Waals surface area contributed by atoms with E-state index in [1.807, 2.05) is 29.2 Å². The minimum atomic E-state index is -4.53. The number of ether oxygens (including phenoxy) is 1. The summed E-state index contributed by atoms with van der Waals surface area (Å²) in [5.74, 6) is 0.391. The zero-order valence-corrected chi connectivity index (χ0v) is 20.2. The summed E-state index contributed by atoms with van der Waals surface area (Å²) in [6.07, 6.45) is -2.97. The Kier molecular flexibility index (Phi) is 7.91. The number of methoxy groups -OCH3 is 1. The number of hydrogen-bond acceptors (Lipinski definition) is 4. The number of likely N-dealkylation sites (tertiary alicyclic amines) is 1. The van der Waals surface area contributed by atoms with Gasteiger partial charge in [-0.25, -0.2) is 9.79 Å². The summed E-state index contributed by atoms with van der Waals surface area (Å²) in [4.78, 5) is 22.5. The average molecular weight is 517 g/mol. The lowest BCUT2D eigenvalue weighted by atomic mass is 9.88. The molecule has 1 aliphatic rings. The first kappa shape index (κ1) is 25.7. The molecule has 1 aliphatic heterocycles. The third-order valence-corrected chi connectivity index (χ3v) is 6.19. The van der Waals surface area contributed by atoms with Gasteiger partial charge in [-0.2, -0.15) is 13.2 Å². The highest BCUT2D eigenvalue weighted by Crippen LogP contribution is 2.32. The number of carbonyl (C=O) groups is 1. The van der Waals surface area contributed by atoms with Gasteiger partial charge < -0.3 is 10.1 Å². The van der Waals surface area contributed by atoms with Crippen LogP contribution in [0.25, 0.3) is 0 Å². The van der Waals surface area contributed by atoms with Crippen molar-refractivity contribution in [3.63, 3.8) is 0 Å². The molecule has 1 aromatic heterocycles. The summed E-state index contributed by atoms with van der Waals surface area (Å²) in [5, 5.41) is 3.28. The lowest BCUT2D eigenvalue weighted by Crippen LogP contribution is -2.40. The molecular formula is C26H24ClF3N4O2. The number of halogens is 4. The topological polar surface area (TPSA) is 66.8 Å². The van der Waals surface area contributed by atoms with Crippen molar-refractivity contribution in [3.8, 4) is 5.75 Å². The molecule has 36 heavy (non-hydrogen) atoms. The van der Waals surface area contributed by atoms with Crippen molar-refractivity contribution >= 4 is 29.0 Å². The molecule has 2 amide bonds. The van der Waals surface area contributed by atoms with Crippen molar-refractivity contribution in [1.29, 1.82) is 0 Å². The molecule has 188 valence electrons. The van der Waals surface area contributed by atoms with Gasteiger partial charge in [0.05, 0.1) is 7.11 Å². The van der Waals surface area contributed by atoms with Gasteiger partial charge in [-0.1, -0.05) is 29.8 Å². The van der Waals surface area contributed by atoms with Crippen LogP contribution < -0.4 is 10.1 Å². The molecule has 1 atom stereocenters. The number of anilines is 1. The first-order chi connectivity index (χ1) is 17.2. The third kappa shape index (κ3) is 6.41. The van der Waals surface area contributed by atoms with Crippen LogP contribution in [0.2, 0.25) is 5.02 Å². The molecule has 0 spiro atoms. The number of alkyl halides is 3. The van der Waals surface area contributed by atoms with Gasteiger partial charge in [0.1, 0.15) is 11.4 Å². The molecule has 0 radical (unpaired) electrons. The predicted octanol–water partition coefficient (Wildman–Crippen LogP) is 6.43. The van der Waals surface area contributed by atoms with Crippen LogP contribution in [0.1, 0.15) is 29.2 Å². The molecule has 0 aliphatic carbocycles. The highest BCUT2D eigenvalue weighted by atomic mass is 35.5. The second kappa shape index (κ2) is 11.1. The molecule has 1 N–H and O–H groups in total. The number of benzene rings is 2. The van der Waals surface area contributed by atoms with Crippen LogP contribution in [-0.2, 0) is 12.7 Å². The lowest BCUT2D eigenvalue weighted by molar-refractivity contribution is -0.142. The zero-order chi connectivity index (χ0) is 25.7. The van der Waals surface area contributed by atoms with Crippen molar-refractivity contribution in [2.45, 2.75) is 25.1 Å². The average Bonchev–Trinajstić information content (AvgIpc) is 2.86. The van der Waals surface area contributed by atoms with E-state index in [-0.39, 0.29) is 18.0 Å². The molecule has 0 saturated carbocycles. The number of carbonyl (C=O) groups excluding carboxylic acids is 1. The first-order valence-electron chi connectivity index (χ1n) is 11.2. The van der Waals surface area contributed by atoms with Crippen LogP contribution in [0, 0.1) is 0 Å². The fourth-order valence-electron chi connectivity index (χ4n) is 4.19. The normalized spacial score (nSPS) is 17.7. The van der Waals surface area contributed by atoms with Crippen LogP contribution in [0.15, 0.2) is 71.9 Å². The standard InChI is InChI=1S/C26H24ClF3N4O2/c1-36-21-10-4-17(5-11-21)22-16-34(15-18-3-2-13-31-24(18)26(28,29)30)14-12-23(22)33-25(35)32-20-8-6-19(27)7-9-20/h2-11,13,22H,12,14-16H2,1H3,(H,32,35)/b33-23+. The quantitative estimate of drug-likeness (QED) is 0.424. The second-order valence-electron chi connectivity index (χ2n) is 8.36. The predicted molar refractivity (Wildman–Crippen MR) is 133 cm³/mol. The van der Waals surface area contributed by atoms with Crippen molar-refractivity contribution in [1.82, 2.24) is 9.88 Å². The summed E-state index contributed by atoms with van der Waals surface area (Å²) in [7, 11) is 1.57. The summed E-state index contributed by atoms with van der Waals surface area (Å²) < 4.78 is 45.6. The van der Waals surface area contributed by atoms with Gasteiger partial charge in [0, 0.05) is 48.2 Å². The number of nitrogens with one attached hydrogen (secondary N) is 1. The van der Waals surface area contributed by atoms with E-state index < -0.39 is 17.9 Å². The first-order valence-corrected chi connectivity index (χ1v) is 11.6. The molecule has 4 rings (SSSR count). The number of piperidine rings is 1. The van der Waals surface area contributed by atoms with E-state index in [0.717, 1.165) is 11.8 Å². The van der Waals surface area contributed by atoms with E-state index >= 15 is 0 Å². The summed E-state index contributed by atoms with van der Waals surface area (Å²) in [6, 6.07) is 16.5. The van der Waals surface area contributed by atoms with E-state index in [1.165, 1.54) is 12.1 Å². The number of pyridine rings is 1. The highest BCUT2D eigenvalue weighted by molar-refractivity contribution is 6.30. The Balaban J connectivity index is 1.57. The Morgan fingerprint density at radius 2 is 1.89 bits per heavy atom. The lowest BCUT2D eigenvalue weighted by Gasteiger charge is -2.34. The van der Waals surface area contributed by atoms with Crippen LogP contribution in [0.4, 0.5) is 23.7 Å². The van der Waals surface area contributed by atoms with Gasteiger partial charge in [-0.3, -0.25) is 9.88 Å². The number of aliphatic imine (C=N–C) groups is 1. The van der Waals surface area contributed by atoms with Crippen molar-refractivity contribution in [2.24, 2.45) is 4.99 Å². The third-order valence-electron chi connectivity index (χ3n) is 5.94. The van der Waals surface area contributed by atoms with Gasteiger partial charge in [0.15, 0.2) is 0 Å². The SMILES string of the molecule is COc1ccc(C2CN(Cc3cccnc3C(F)(F)F)CC/C2=N\C(=O)Nc2ccc(Cl)cc2)cc1. The van der Waals surface area contributed by atoms with Crippen molar-refractivity contribution in [3.05, 3.63) is 88.7 Å². The molecule has 3 aromatic rings. The molecule has 10 heteroatoms. The molecule has 1 unspecified atom stereocenters. The maximum atomic E-state index is 13.5. The summed E-state index contributed by atoms with van der Waals surface area (Å²) in [5.41, 5.74) is 1.33. The Morgan fingerprint density at radius 1 is 1.17 bits per heavy atom. The van der Waals surface area contributed by atoms with E-state index in [2.05, 4.69) is 15.3 Å². The van der Waals surface area contributed by atoms with Crippen molar-refractivity contribution in [2.75, 3.05) is 25.5 Å². The summed E-state index contributed by atoms with van der Waals surface area (Å²) in [6.45, 7) is 0.928. The number of amides is 2. The van der Waals surface area contributed by atoms with E-state index in [1.54, 1.807) is 31.4 Å². The largest absolute Gasteiger partial charge is 0.497 e. The number of nitrogens with zero attached hydrogens (tertiary/aromatic N) is 3. The van der Waals surface area contributed by atoms with Crippen LogP contribution in [0.5, 0.6) is 5.75 Å². The molecule has 2 aromatic carbocycles. The monoisotopic (exact) mass is 516 g/mol. The van der Waals surface area contributed by atoms with Gasteiger partial charge in [-0.15, -0.1) is 0 Å². The Labute approximate surface area is 211 Å². The van der Waals surface area contributed by atoms with E-state index in [9.17, 15) is 18.0 Å². The maximum absolute atomic E-state index is 13.5. The van der Waals surface area contributed by atoms with Crippen LogP contribution >= 0.6 is 11.6 Å². The molecule has 0 bridgehead atoms. The van der Waals surface area contributed by atoms with Crippen LogP contribution in [-0.4, -0.2) is 41.8 Å². The molecule has 6 nitrogen and oxygen atoms in total. The maximum Gasteiger partial charge on any atom is 0.433 e. The molecule has 2 heterocycles. The van der Waals surface area contributed by atoms with Crippen molar-refractivity contribution < 1.29 is 22.7 Å². The number of rotatable bonds is 5. The fraction of sp³-hybridized carbons (Fsp3) is 0.269. The van der Waals surface area contributed by atoms with E-state index in [4.69, 9.17) is 16.3 Å². The van der Waals surface area contributed by atoms with Gasteiger partial charge in [-0.05, 0) is 60.0 Å². The minimum absolute atomic E-state index is 0.0829. The van der Waals surface area contributed by atoms with Crippen LogP contribution in [0.3, 0.4) is 0 Å².